The Balaban J connectivity index is 1.93. The lowest BCUT2D eigenvalue weighted by Crippen LogP contribution is -2.35. The normalized spacial score (nSPS) is 11.8. The quantitative estimate of drug-likeness (QED) is 0.912. The van der Waals surface area contributed by atoms with Gasteiger partial charge in [-0.15, -0.1) is 5.10 Å². The van der Waals surface area contributed by atoms with Gasteiger partial charge in [0, 0.05) is 12.1 Å². The second-order valence-electron chi connectivity index (χ2n) is 5.20. The van der Waals surface area contributed by atoms with Crippen LogP contribution in [-0.2, 0) is 13.1 Å². The van der Waals surface area contributed by atoms with Crippen molar-refractivity contribution in [3.8, 4) is 10.9 Å². The summed E-state index contributed by atoms with van der Waals surface area (Å²) in [5, 5.41) is 17.1. The van der Waals surface area contributed by atoms with Crippen LogP contribution >= 0.6 is 11.3 Å². The summed E-state index contributed by atoms with van der Waals surface area (Å²) in [5.74, 6) is 0.688. The van der Waals surface area contributed by atoms with Gasteiger partial charge < -0.3 is 10.1 Å². The molecule has 0 radical (unpaired) electrons. The maximum absolute atomic E-state index is 5.61. The molecule has 1 N–H and O–H groups in total. The average molecular weight is 281 g/mol. The van der Waals surface area contributed by atoms with Crippen molar-refractivity contribution in [1.82, 2.24) is 25.3 Å². The van der Waals surface area contributed by atoms with Crippen molar-refractivity contribution in [3.63, 3.8) is 0 Å². The van der Waals surface area contributed by atoms with E-state index in [0.29, 0.717) is 17.5 Å². The first-order valence-electron chi connectivity index (χ1n) is 6.24. The van der Waals surface area contributed by atoms with Crippen molar-refractivity contribution >= 4 is 11.3 Å². The van der Waals surface area contributed by atoms with Gasteiger partial charge in [0.05, 0.1) is 18.9 Å². The Morgan fingerprint density at radius 2 is 2.16 bits per heavy atom. The van der Waals surface area contributed by atoms with Gasteiger partial charge in [0.25, 0.3) is 5.19 Å². The molecule has 6 nitrogen and oxygen atoms in total. The van der Waals surface area contributed by atoms with E-state index in [1.807, 2.05) is 13.1 Å². The van der Waals surface area contributed by atoms with E-state index in [0.717, 1.165) is 11.6 Å². The van der Waals surface area contributed by atoms with E-state index < -0.39 is 0 Å². The zero-order chi connectivity index (χ0) is 13.9. The Kier molecular flexibility index (Phi) is 4.16. The van der Waals surface area contributed by atoms with Crippen LogP contribution in [-0.4, -0.2) is 25.5 Å². The highest BCUT2D eigenvalue weighted by molar-refractivity contribution is 7.13. The molecule has 104 valence electrons. The topological polar surface area (TPSA) is 64.9 Å². The Hall–Kier alpha value is -1.47. The molecule has 0 saturated heterocycles. The molecule has 19 heavy (non-hydrogen) atoms. The third-order valence-corrected chi connectivity index (χ3v) is 3.16. The first-order chi connectivity index (χ1) is 8.96. The monoisotopic (exact) mass is 281 g/mol. The second kappa shape index (κ2) is 5.66. The summed E-state index contributed by atoms with van der Waals surface area (Å²) in [5.41, 5.74) is 0.0644. The molecule has 0 aromatic carbocycles. The van der Waals surface area contributed by atoms with Crippen LogP contribution in [0.15, 0.2) is 12.4 Å². The predicted octanol–water partition coefficient (Wildman–Crippen LogP) is 2.43. The third kappa shape index (κ3) is 4.29. The fraction of sp³-hybridized carbons (Fsp3) is 0.583. The lowest BCUT2D eigenvalue weighted by Gasteiger charge is -2.19. The molecule has 0 spiro atoms. The maximum Gasteiger partial charge on any atom is 0.299 e. The van der Waals surface area contributed by atoms with Crippen LogP contribution in [0.2, 0.25) is 0 Å². The summed E-state index contributed by atoms with van der Waals surface area (Å²) in [4.78, 5) is 0. The SMILES string of the molecule is CCn1cc(Oc2nnc(CNC(C)(C)C)s2)cn1. The minimum atomic E-state index is 0.0644. The van der Waals surface area contributed by atoms with Gasteiger partial charge in [-0.3, -0.25) is 4.68 Å². The van der Waals surface area contributed by atoms with Gasteiger partial charge in [-0.05, 0) is 27.7 Å². The maximum atomic E-state index is 5.61. The first-order valence-corrected chi connectivity index (χ1v) is 7.05. The average Bonchev–Trinajstić information content (AvgIpc) is 2.95. The lowest BCUT2D eigenvalue weighted by molar-refractivity contribution is 0.423. The Bertz CT molecular complexity index is 528. The van der Waals surface area contributed by atoms with Crippen LogP contribution in [0.25, 0.3) is 0 Å². The number of aryl methyl sites for hydroxylation is 1. The van der Waals surface area contributed by atoms with Crippen molar-refractivity contribution < 1.29 is 4.74 Å². The number of hydrogen-bond acceptors (Lipinski definition) is 6. The Labute approximate surface area is 116 Å². The number of hydrogen-bond donors (Lipinski definition) is 1. The summed E-state index contributed by atoms with van der Waals surface area (Å²) < 4.78 is 7.41. The number of rotatable bonds is 5. The van der Waals surface area contributed by atoms with Crippen LogP contribution in [0, 0.1) is 0 Å². The molecule has 2 aromatic rings. The summed E-state index contributed by atoms with van der Waals surface area (Å²) >= 11 is 1.44. The Morgan fingerprint density at radius 1 is 1.37 bits per heavy atom. The van der Waals surface area contributed by atoms with E-state index in [1.165, 1.54) is 11.3 Å². The Morgan fingerprint density at radius 3 is 2.79 bits per heavy atom. The fourth-order valence-corrected chi connectivity index (χ4v) is 2.01. The van der Waals surface area contributed by atoms with Crippen molar-refractivity contribution in [2.45, 2.75) is 46.3 Å². The number of nitrogens with zero attached hydrogens (tertiary/aromatic N) is 4. The molecule has 0 unspecified atom stereocenters. The van der Waals surface area contributed by atoms with Gasteiger partial charge in [-0.1, -0.05) is 16.4 Å². The van der Waals surface area contributed by atoms with Crippen LogP contribution in [0.3, 0.4) is 0 Å². The lowest BCUT2D eigenvalue weighted by atomic mass is 10.1. The molecular weight excluding hydrogens is 262 g/mol. The number of aromatic nitrogens is 4. The first kappa shape index (κ1) is 14.0. The minimum Gasteiger partial charge on any atom is -0.426 e. The highest BCUT2D eigenvalue weighted by Crippen LogP contribution is 2.24. The molecule has 0 saturated carbocycles. The molecule has 0 aliphatic carbocycles. The standard InChI is InChI=1S/C12H19N5OS/c1-5-17-8-9(6-14-17)18-11-16-15-10(19-11)7-13-12(2,3)4/h6,8,13H,5,7H2,1-4H3. The molecule has 0 amide bonds. The van der Waals surface area contributed by atoms with E-state index in [-0.39, 0.29) is 5.54 Å². The van der Waals surface area contributed by atoms with Gasteiger partial charge in [0.15, 0.2) is 5.75 Å². The minimum absolute atomic E-state index is 0.0644. The molecule has 2 aromatic heterocycles. The zero-order valence-corrected chi connectivity index (χ0v) is 12.5. The number of ether oxygens (including phenoxy) is 1. The third-order valence-electron chi connectivity index (χ3n) is 2.36. The second-order valence-corrected chi connectivity index (χ2v) is 6.22. The molecule has 2 rings (SSSR count). The smallest absolute Gasteiger partial charge is 0.299 e. The van der Waals surface area contributed by atoms with Crippen LogP contribution in [0.1, 0.15) is 32.7 Å². The summed E-state index contributed by atoms with van der Waals surface area (Å²) in [6, 6.07) is 0. The van der Waals surface area contributed by atoms with Crippen LogP contribution < -0.4 is 10.1 Å². The van der Waals surface area contributed by atoms with E-state index in [1.54, 1.807) is 10.9 Å². The summed E-state index contributed by atoms with van der Waals surface area (Å²) in [6.07, 6.45) is 3.52. The summed E-state index contributed by atoms with van der Waals surface area (Å²) in [7, 11) is 0. The molecule has 0 bridgehead atoms. The molecule has 7 heteroatoms. The van der Waals surface area contributed by atoms with Gasteiger partial charge in [-0.25, -0.2) is 0 Å². The summed E-state index contributed by atoms with van der Waals surface area (Å²) in [6.45, 7) is 9.89. The van der Waals surface area contributed by atoms with E-state index >= 15 is 0 Å². The van der Waals surface area contributed by atoms with Crippen molar-refractivity contribution in [2.24, 2.45) is 0 Å². The predicted molar refractivity (Wildman–Crippen MR) is 74.5 cm³/mol. The molecule has 0 aliphatic heterocycles. The van der Waals surface area contributed by atoms with Gasteiger partial charge in [0.2, 0.25) is 0 Å². The highest BCUT2D eigenvalue weighted by atomic mass is 32.1. The van der Waals surface area contributed by atoms with Crippen molar-refractivity contribution in [2.75, 3.05) is 0 Å². The van der Waals surface area contributed by atoms with Gasteiger partial charge in [0.1, 0.15) is 5.01 Å². The zero-order valence-electron chi connectivity index (χ0n) is 11.7. The largest absolute Gasteiger partial charge is 0.426 e. The highest BCUT2D eigenvalue weighted by Gasteiger charge is 2.12. The fourth-order valence-electron chi connectivity index (χ4n) is 1.36. The number of nitrogens with one attached hydrogen (secondary N) is 1. The van der Waals surface area contributed by atoms with Crippen molar-refractivity contribution in [1.29, 1.82) is 0 Å². The molecule has 0 aliphatic rings. The molecular formula is C12H19N5OS. The molecule has 2 heterocycles. The van der Waals surface area contributed by atoms with E-state index in [9.17, 15) is 0 Å². The van der Waals surface area contributed by atoms with Crippen LogP contribution in [0.5, 0.6) is 10.9 Å². The van der Waals surface area contributed by atoms with Crippen LogP contribution in [0.4, 0.5) is 0 Å². The van der Waals surface area contributed by atoms with E-state index in [4.69, 9.17) is 4.74 Å². The van der Waals surface area contributed by atoms with Crippen molar-refractivity contribution in [3.05, 3.63) is 17.4 Å². The van der Waals surface area contributed by atoms with Gasteiger partial charge in [-0.2, -0.15) is 5.10 Å². The molecule has 0 atom stereocenters. The van der Waals surface area contributed by atoms with E-state index in [2.05, 4.69) is 41.4 Å². The molecule has 0 fully saturated rings. The van der Waals surface area contributed by atoms with Gasteiger partial charge >= 0.3 is 0 Å².